The number of ether oxygens (including phenoxy) is 2. The van der Waals surface area contributed by atoms with Gasteiger partial charge in [0, 0.05) is 5.56 Å². The van der Waals surface area contributed by atoms with Crippen LogP contribution in [0.5, 0.6) is 11.5 Å². The molecule has 0 bridgehead atoms. The van der Waals surface area contributed by atoms with E-state index in [1.807, 2.05) is 73.7 Å². The molecule has 1 unspecified atom stereocenters. The number of nitrogens with one attached hydrogen (secondary N) is 1. The zero-order valence-electron chi connectivity index (χ0n) is 20.1. The minimum atomic E-state index is -0.292. The van der Waals surface area contributed by atoms with E-state index in [0.717, 1.165) is 39.4 Å². The zero-order chi connectivity index (χ0) is 23.9. The summed E-state index contributed by atoms with van der Waals surface area (Å²) < 4.78 is 11.7. The van der Waals surface area contributed by atoms with Gasteiger partial charge in [0.2, 0.25) is 0 Å². The van der Waals surface area contributed by atoms with Crippen molar-refractivity contribution < 1.29 is 14.3 Å². The fourth-order valence-electron chi connectivity index (χ4n) is 5.00. The lowest BCUT2D eigenvalue weighted by atomic mass is 9.84. The fraction of sp³-hybridized carbons (Fsp3) is 0.276. The molecular formula is C29H30N2O3. The van der Waals surface area contributed by atoms with E-state index in [4.69, 9.17) is 9.47 Å². The van der Waals surface area contributed by atoms with Gasteiger partial charge in [-0.3, -0.25) is 4.79 Å². The molecule has 2 aliphatic heterocycles. The molecule has 0 spiro atoms. The standard InChI is InChI=1S/C29H30N2O3/c1-5-33-23-15-24-19(2)17-29(3,4)31-26(24)25(16-23)28(32)30-27(31)21-11-13-22(14-12-21)34-18-20-9-7-6-8-10-20/h6-17,27H,5,18H2,1-4H3,(H,30,32). The summed E-state index contributed by atoms with van der Waals surface area (Å²) in [6.45, 7) is 9.49. The SMILES string of the molecule is CCOc1cc2c3c(c1)C(C)=CC(C)(C)N3C(c1ccc(OCc3ccccc3)cc1)NC2=O. The van der Waals surface area contributed by atoms with Crippen LogP contribution in [-0.2, 0) is 6.61 Å². The number of hydrogen-bond donors (Lipinski definition) is 1. The molecule has 34 heavy (non-hydrogen) atoms. The van der Waals surface area contributed by atoms with Gasteiger partial charge in [-0.15, -0.1) is 0 Å². The molecule has 0 aromatic heterocycles. The monoisotopic (exact) mass is 454 g/mol. The van der Waals surface area contributed by atoms with Gasteiger partial charge < -0.3 is 19.7 Å². The number of carbonyl (C=O) groups excluding carboxylic acids is 1. The minimum Gasteiger partial charge on any atom is -0.494 e. The summed E-state index contributed by atoms with van der Waals surface area (Å²) >= 11 is 0. The van der Waals surface area contributed by atoms with Crippen LogP contribution < -0.4 is 19.7 Å². The van der Waals surface area contributed by atoms with E-state index in [0.29, 0.717) is 18.8 Å². The van der Waals surface area contributed by atoms with Crippen molar-refractivity contribution in [1.29, 1.82) is 0 Å². The molecule has 174 valence electrons. The second-order valence-corrected chi connectivity index (χ2v) is 9.37. The van der Waals surface area contributed by atoms with Gasteiger partial charge in [0.1, 0.15) is 24.3 Å². The van der Waals surface area contributed by atoms with E-state index < -0.39 is 0 Å². The second-order valence-electron chi connectivity index (χ2n) is 9.37. The van der Waals surface area contributed by atoms with Crippen LogP contribution in [0.1, 0.15) is 60.9 Å². The quantitative estimate of drug-likeness (QED) is 0.488. The lowest BCUT2D eigenvalue weighted by molar-refractivity contribution is 0.0921. The largest absolute Gasteiger partial charge is 0.494 e. The van der Waals surface area contributed by atoms with Gasteiger partial charge in [0.05, 0.1) is 23.4 Å². The van der Waals surface area contributed by atoms with Gasteiger partial charge in [0.15, 0.2) is 0 Å². The number of carbonyl (C=O) groups is 1. The first-order valence-corrected chi connectivity index (χ1v) is 11.7. The van der Waals surface area contributed by atoms with Crippen LogP contribution in [0.4, 0.5) is 5.69 Å². The average molecular weight is 455 g/mol. The number of nitrogens with zero attached hydrogens (tertiary/aromatic N) is 1. The van der Waals surface area contributed by atoms with E-state index in [9.17, 15) is 4.79 Å². The molecule has 0 radical (unpaired) electrons. The smallest absolute Gasteiger partial charge is 0.255 e. The Balaban J connectivity index is 1.48. The normalized spacial score (nSPS) is 18.0. The third-order valence-electron chi connectivity index (χ3n) is 6.47. The lowest BCUT2D eigenvalue weighted by Crippen LogP contribution is -2.56. The van der Waals surface area contributed by atoms with Crippen molar-refractivity contribution in [1.82, 2.24) is 5.32 Å². The summed E-state index contributed by atoms with van der Waals surface area (Å²) in [5.41, 5.74) is 5.65. The van der Waals surface area contributed by atoms with E-state index in [-0.39, 0.29) is 17.6 Å². The van der Waals surface area contributed by atoms with Gasteiger partial charge in [-0.25, -0.2) is 0 Å². The van der Waals surface area contributed by atoms with E-state index >= 15 is 0 Å². The van der Waals surface area contributed by atoms with Crippen molar-refractivity contribution in [2.45, 2.75) is 46.0 Å². The Morgan fingerprint density at radius 1 is 0.941 bits per heavy atom. The Kier molecular flexibility index (Phi) is 5.56. The Morgan fingerprint density at radius 3 is 2.35 bits per heavy atom. The molecule has 3 aromatic rings. The Bertz CT molecular complexity index is 1250. The summed E-state index contributed by atoms with van der Waals surface area (Å²) in [7, 11) is 0. The Hall–Kier alpha value is -3.73. The van der Waals surface area contributed by atoms with Gasteiger partial charge >= 0.3 is 0 Å². The van der Waals surface area contributed by atoms with E-state index in [2.05, 4.69) is 37.1 Å². The molecule has 0 fully saturated rings. The number of rotatable bonds is 6. The lowest BCUT2D eigenvalue weighted by Gasteiger charge is -2.51. The third kappa shape index (κ3) is 3.92. The molecule has 0 saturated carbocycles. The molecule has 5 nitrogen and oxygen atoms in total. The zero-order valence-corrected chi connectivity index (χ0v) is 20.1. The molecule has 5 heteroatoms. The summed E-state index contributed by atoms with van der Waals surface area (Å²) in [4.78, 5) is 15.6. The van der Waals surface area contributed by atoms with Crippen LogP contribution >= 0.6 is 0 Å². The van der Waals surface area contributed by atoms with Gasteiger partial charge in [-0.05, 0) is 68.7 Å². The summed E-state index contributed by atoms with van der Waals surface area (Å²) in [6, 6.07) is 22.0. The van der Waals surface area contributed by atoms with Crippen molar-refractivity contribution in [3.05, 3.63) is 95.1 Å². The number of anilines is 1. The van der Waals surface area contributed by atoms with Crippen molar-refractivity contribution in [2.24, 2.45) is 0 Å². The van der Waals surface area contributed by atoms with E-state index in [1.54, 1.807) is 0 Å². The van der Waals surface area contributed by atoms with Crippen molar-refractivity contribution in [3.8, 4) is 11.5 Å². The number of benzene rings is 3. The predicted octanol–water partition coefficient (Wildman–Crippen LogP) is 6.11. The van der Waals surface area contributed by atoms with E-state index in [1.165, 1.54) is 0 Å². The summed E-state index contributed by atoms with van der Waals surface area (Å²) in [5, 5.41) is 3.23. The third-order valence-corrected chi connectivity index (χ3v) is 6.47. The Morgan fingerprint density at radius 2 is 1.65 bits per heavy atom. The molecule has 1 atom stereocenters. The number of allylic oxidation sites excluding steroid dienone is 1. The summed E-state index contributed by atoms with van der Waals surface area (Å²) in [6.07, 6.45) is 1.97. The maximum Gasteiger partial charge on any atom is 0.255 e. The van der Waals surface area contributed by atoms with Crippen molar-refractivity contribution in [2.75, 3.05) is 11.5 Å². The van der Waals surface area contributed by atoms with Crippen LogP contribution in [0, 0.1) is 0 Å². The van der Waals surface area contributed by atoms with Crippen LogP contribution in [0.2, 0.25) is 0 Å². The first-order valence-electron chi connectivity index (χ1n) is 11.7. The van der Waals surface area contributed by atoms with Crippen LogP contribution in [0.25, 0.3) is 5.57 Å². The fourth-order valence-corrected chi connectivity index (χ4v) is 5.00. The van der Waals surface area contributed by atoms with Gasteiger partial charge in [-0.2, -0.15) is 0 Å². The van der Waals surface area contributed by atoms with Crippen molar-refractivity contribution in [3.63, 3.8) is 0 Å². The molecule has 0 aliphatic carbocycles. The highest BCUT2D eigenvalue weighted by Gasteiger charge is 2.43. The topological polar surface area (TPSA) is 50.8 Å². The molecule has 1 N–H and O–H groups in total. The first kappa shape index (κ1) is 22.1. The first-order chi connectivity index (χ1) is 16.4. The number of amides is 1. The highest BCUT2D eigenvalue weighted by molar-refractivity contribution is 6.06. The molecule has 3 aromatic carbocycles. The average Bonchev–Trinajstić information content (AvgIpc) is 2.82. The minimum absolute atomic E-state index is 0.0889. The maximum atomic E-state index is 13.3. The van der Waals surface area contributed by atoms with Crippen LogP contribution in [0.15, 0.2) is 72.8 Å². The molecule has 0 saturated heterocycles. The molecule has 2 heterocycles. The highest BCUT2D eigenvalue weighted by Crippen LogP contribution is 2.48. The molecule has 5 rings (SSSR count). The van der Waals surface area contributed by atoms with Crippen LogP contribution in [0.3, 0.4) is 0 Å². The number of hydrogen-bond acceptors (Lipinski definition) is 4. The predicted molar refractivity (Wildman–Crippen MR) is 135 cm³/mol. The van der Waals surface area contributed by atoms with Gasteiger partial charge in [-0.1, -0.05) is 48.5 Å². The highest BCUT2D eigenvalue weighted by atomic mass is 16.5. The van der Waals surface area contributed by atoms with Crippen LogP contribution in [-0.4, -0.2) is 18.1 Å². The Labute approximate surface area is 201 Å². The molecule has 2 aliphatic rings. The molecule has 1 amide bonds. The maximum absolute atomic E-state index is 13.3. The molecular weight excluding hydrogens is 424 g/mol. The van der Waals surface area contributed by atoms with Gasteiger partial charge in [0.25, 0.3) is 5.91 Å². The van der Waals surface area contributed by atoms with Crippen molar-refractivity contribution >= 4 is 17.2 Å². The second kappa shape index (κ2) is 8.56. The summed E-state index contributed by atoms with van der Waals surface area (Å²) in [5.74, 6) is 1.43.